The Balaban J connectivity index is 3.07. The Hall–Kier alpha value is -5.84. The molecule has 1 aromatic rings. The fraction of sp³-hybridized carbons (Fsp3) is 0.636. The summed E-state index contributed by atoms with van der Waals surface area (Å²) in [5.74, 6) is -7.77. The molecule has 1 aromatic heterocycles. The predicted octanol–water partition coefficient (Wildman–Crippen LogP) is -5.08. The molecule has 0 aliphatic carbocycles. The number of nitrogens with two attached hydrogens (primary N) is 4. The predicted molar refractivity (Wildman–Crippen MR) is 200 cm³/mol. The molecule has 0 radical (unpaired) electrons. The van der Waals surface area contributed by atoms with E-state index in [4.69, 9.17) is 22.9 Å². The number of hydrogen-bond acceptors (Lipinski definition) is 12. The monoisotopic (exact) mass is 795 g/mol. The van der Waals surface area contributed by atoms with E-state index in [0.29, 0.717) is 5.69 Å². The van der Waals surface area contributed by atoms with E-state index in [1.807, 2.05) is 0 Å². The van der Waals surface area contributed by atoms with Gasteiger partial charge in [0.1, 0.15) is 30.2 Å². The lowest BCUT2D eigenvalue weighted by molar-refractivity contribution is -0.143. The number of nitrogens with one attached hydrogen (secondary N) is 7. The number of aromatic nitrogens is 2. The number of carboxylic acid groups (broad SMARTS) is 1. The van der Waals surface area contributed by atoms with Crippen LogP contribution >= 0.6 is 0 Å². The Labute approximate surface area is 323 Å². The molecule has 7 amide bonds. The van der Waals surface area contributed by atoms with Crippen LogP contribution in [-0.4, -0.2) is 129 Å². The van der Waals surface area contributed by atoms with Crippen LogP contribution in [0.1, 0.15) is 65.5 Å². The first kappa shape index (κ1) is 48.2. The second kappa shape index (κ2) is 24.5. The molecule has 0 spiro atoms. The number of imidazole rings is 1. The lowest BCUT2D eigenvalue weighted by Crippen LogP contribution is -2.59. The van der Waals surface area contributed by atoms with Crippen LogP contribution in [0.4, 0.5) is 0 Å². The van der Waals surface area contributed by atoms with Crippen molar-refractivity contribution in [3.8, 4) is 0 Å². The van der Waals surface area contributed by atoms with Crippen molar-refractivity contribution >= 4 is 53.3 Å². The molecular formula is C33H57N13O10. The molecule has 0 unspecified atom stereocenters. The van der Waals surface area contributed by atoms with Crippen molar-refractivity contribution in [2.24, 2.45) is 39.8 Å². The van der Waals surface area contributed by atoms with Gasteiger partial charge in [-0.3, -0.25) is 38.6 Å². The molecule has 17 N–H and O–H groups in total. The Bertz CT molecular complexity index is 1520. The van der Waals surface area contributed by atoms with Crippen LogP contribution in [0, 0.1) is 11.8 Å². The van der Waals surface area contributed by atoms with Crippen LogP contribution in [0.15, 0.2) is 17.5 Å². The molecule has 314 valence electrons. The minimum atomic E-state index is -1.50. The van der Waals surface area contributed by atoms with Crippen LogP contribution in [0.3, 0.4) is 0 Å². The molecule has 56 heavy (non-hydrogen) atoms. The molecule has 23 nitrogen and oxygen atoms in total. The molecule has 0 aromatic carbocycles. The lowest BCUT2D eigenvalue weighted by atomic mass is 9.99. The van der Waals surface area contributed by atoms with Gasteiger partial charge in [0.2, 0.25) is 41.4 Å². The summed E-state index contributed by atoms with van der Waals surface area (Å²) in [6.07, 6.45) is 2.69. The number of carbonyl (C=O) groups excluding carboxylic acids is 7. The number of aliphatic hydroxyl groups excluding tert-OH is 1. The van der Waals surface area contributed by atoms with Crippen LogP contribution < -0.4 is 54.8 Å². The highest BCUT2D eigenvalue weighted by Crippen LogP contribution is 2.10. The maximum Gasteiger partial charge on any atom is 0.326 e. The number of H-pyrrole nitrogens is 1. The van der Waals surface area contributed by atoms with E-state index in [0.717, 1.165) is 0 Å². The maximum absolute atomic E-state index is 13.7. The largest absolute Gasteiger partial charge is 0.480 e. The Morgan fingerprint density at radius 3 is 1.96 bits per heavy atom. The molecule has 0 saturated heterocycles. The van der Waals surface area contributed by atoms with Crippen molar-refractivity contribution in [2.45, 2.75) is 102 Å². The Morgan fingerprint density at radius 2 is 1.43 bits per heavy atom. The van der Waals surface area contributed by atoms with E-state index in [2.05, 4.69) is 46.9 Å². The van der Waals surface area contributed by atoms with Gasteiger partial charge in [0.05, 0.1) is 25.5 Å². The van der Waals surface area contributed by atoms with Crippen molar-refractivity contribution in [1.82, 2.24) is 41.9 Å². The number of aliphatic hydroxyl groups is 1. The molecule has 1 heterocycles. The number of hydrogen-bond donors (Lipinski definition) is 13. The summed E-state index contributed by atoms with van der Waals surface area (Å²) in [5, 5.41) is 34.0. The fourth-order valence-electron chi connectivity index (χ4n) is 5.05. The Morgan fingerprint density at radius 1 is 0.804 bits per heavy atom. The number of amides is 7. The van der Waals surface area contributed by atoms with Gasteiger partial charge in [0.15, 0.2) is 5.96 Å². The summed E-state index contributed by atoms with van der Waals surface area (Å²) in [6, 6.07) is -7.74. The van der Waals surface area contributed by atoms with E-state index in [1.54, 1.807) is 27.7 Å². The zero-order chi connectivity index (χ0) is 42.5. The van der Waals surface area contributed by atoms with Crippen LogP contribution in [0.25, 0.3) is 0 Å². The zero-order valence-corrected chi connectivity index (χ0v) is 32.0. The third-order valence-corrected chi connectivity index (χ3v) is 8.05. The summed E-state index contributed by atoms with van der Waals surface area (Å²) < 4.78 is 0. The number of aliphatic imine (C=N–C) groups is 1. The number of nitrogens with zero attached hydrogens (tertiary/aromatic N) is 2. The lowest BCUT2D eigenvalue weighted by Gasteiger charge is -2.28. The van der Waals surface area contributed by atoms with Crippen molar-refractivity contribution in [3.63, 3.8) is 0 Å². The highest BCUT2D eigenvalue weighted by atomic mass is 16.4. The van der Waals surface area contributed by atoms with Gasteiger partial charge in [-0.25, -0.2) is 9.78 Å². The number of carboxylic acids is 1. The van der Waals surface area contributed by atoms with Crippen molar-refractivity contribution in [1.29, 1.82) is 0 Å². The topological polar surface area (TPSA) is 394 Å². The van der Waals surface area contributed by atoms with Gasteiger partial charge < -0.3 is 70.0 Å². The van der Waals surface area contributed by atoms with Crippen LogP contribution in [0.5, 0.6) is 0 Å². The SMILES string of the molecule is CC(C)C[C@H](NC(=O)[C@H](Cc1cnc[nH]1)NC(=O)CNC(=O)[C@H](CO)NC(=O)[C@@H](N)CCC(N)=O)C(=O)N[C@H](C(=O)N[C@@H](CCCN=C(N)N)C(=O)O)C(C)C. The van der Waals surface area contributed by atoms with Crippen molar-refractivity contribution in [3.05, 3.63) is 18.2 Å². The smallest absolute Gasteiger partial charge is 0.326 e. The highest BCUT2D eigenvalue weighted by molar-refractivity contribution is 5.96. The molecule has 0 fully saturated rings. The van der Waals surface area contributed by atoms with Crippen LogP contribution in [-0.2, 0) is 44.8 Å². The number of carbonyl (C=O) groups is 8. The third kappa shape index (κ3) is 18.5. The van der Waals surface area contributed by atoms with Gasteiger partial charge in [-0.1, -0.05) is 27.7 Å². The number of primary amides is 1. The normalized spacial score (nSPS) is 14.2. The molecule has 0 bridgehead atoms. The van der Waals surface area contributed by atoms with E-state index < -0.39 is 103 Å². The zero-order valence-electron chi connectivity index (χ0n) is 32.0. The van der Waals surface area contributed by atoms with Crippen molar-refractivity contribution in [2.75, 3.05) is 19.7 Å². The average Bonchev–Trinajstić information content (AvgIpc) is 3.63. The molecule has 6 atom stereocenters. The average molecular weight is 796 g/mol. The molecule has 23 heteroatoms. The summed E-state index contributed by atoms with van der Waals surface area (Å²) in [4.78, 5) is 112. The standard InChI is InChI=1S/C33H57N13O10/c1-16(2)10-21(30(53)46-26(17(3)4)31(54)43-20(32(55)56)6-5-9-39-33(36)37)44-29(52)22(11-18-12-38-15-41-18)42-25(49)13-40-28(51)23(14-47)45-27(50)19(34)7-8-24(35)48/h12,15-17,19-23,26,47H,5-11,13-14,34H2,1-4H3,(H2,35,48)(H,38,41)(H,40,51)(H,42,49)(H,43,54)(H,44,52)(H,45,50)(H,46,53)(H,55,56)(H4,36,37,39)/t19-,20-,21-,22-,23-,26-/m0/s1. The first-order chi connectivity index (χ1) is 26.2. The number of aliphatic carboxylic acids is 1. The molecule has 1 rings (SSSR count). The van der Waals surface area contributed by atoms with Crippen LogP contribution in [0.2, 0.25) is 0 Å². The van der Waals surface area contributed by atoms with Gasteiger partial charge in [0.25, 0.3) is 0 Å². The first-order valence-electron chi connectivity index (χ1n) is 17.9. The van der Waals surface area contributed by atoms with E-state index in [9.17, 15) is 48.6 Å². The molecule has 0 saturated carbocycles. The number of aromatic amines is 1. The van der Waals surface area contributed by atoms with E-state index in [-0.39, 0.29) is 56.9 Å². The first-order valence-corrected chi connectivity index (χ1v) is 17.9. The summed E-state index contributed by atoms with van der Waals surface area (Å²) in [5.41, 5.74) is 21.8. The second-order valence-electron chi connectivity index (χ2n) is 13.7. The van der Waals surface area contributed by atoms with Crippen molar-refractivity contribution < 1.29 is 48.6 Å². The highest BCUT2D eigenvalue weighted by Gasteiger charge is 2.33. The third-order valence-electron chi connectivity index (χ3n) is 8.05. The number of rotatable bonds is 26. The molecule has 0 aliphatic rings. The molecular weight excluding hydrogens is 738 g/mol. The van der Waals surface area contributed by atoms with Gasteiger partial charge >= 0.3 is 5.97 Å². The second-order valence-corrected chi connectivity index (χ2v) is 13.7. The minimum Gasteiger partial charge on any atom is -0.480 e. The molecule has 0 aliphatic heterocycles. The van der Waals surface area contributed by atoms with Gasteiger partial charge in [-0.15, -0.1) is 0 Å². The maximum atomic E-state index is 13.7. The van der Waals surface area contributed by atoms with E-state index in [1.165, 1.54) is 12.5 Å². The van der Waals surface area contributed by atoms with E-state index >= 15 is 0 Å². The fourth-order valence-corrected chi connectivity index (χ4v) is 5.05. The Kier molecular flexibility index (Phi) is 21.1. The quantitative estimate of drug-likeness (QED) is 0.0237. The van der Waals surface area contributed by atoms with Gasteiger partial charge in [-0.05, 0) is 37.5 Å². The summed E-state index contributed by atoms with van der Waals surface area (Å²) in [7, 11) is 0. The minimum absolute atomic E-state index is 0.00271. The summed E-state index contributed by atoms with van der Waals surface area (Å²) in [6.45, 7) is 5.46. The van der Waals surface area contributed by atoms with Gasteiger partial charge in [-0.2, -0.15) is 0 Å². The number of guanidine groups is 1. The summed E-state index contributed by atoms with van der Waals surface area (Å²) >= 11 is 0. The van der Waals surface area contributed by atoms with Gasteiger partial charge in [0, 0.05) is 31.3 Å².